The molecule has 0 bridgehead atoms. The van der Waals surface area contributed by atoms with E-state index < -0.39 is 35.6 Å². The fraction of sp³-hybridized carbons (Fsp3) is 0.395. The SMILES string of the molecule is NC(=S)c1cccc(-c2cn(C3CCC(F)(F)CC3)c3cc(NC(=O)CCOCCCCCCOc4cccc5c4C(=O)N(C4CCC(=O)NC4=O)C5=O)ccc23)c1. The third-order valence-electron chi connectivity index (χ3n) is 11.0. The summed E-state index contributed by atoms with van der Waals surface area (Å²) in [6.07, 6.45) is 5.79. The highest BCUT2D eigenvalue weighted by atomic mass is 32.1. The summed E-state index contributed by atoms with van der Waals surface area (Å²) in [6.45, 7) is 1.04. The molecule has 3 heterocycles. The van der Waals surface area contributed by atoms with Crippen LogP contribution in [0.25, 0.3) is 22.0 Å². The number of halogens is 2. The molecule has 4 N–H and O–H groups in total. The molecule has 1 atom stereocenters. The third kappa shape index (κ3) is 8.95. The number of anilines is 1. The number of imide groups is 2. The molecule has 0 spiro atoms. The summed E-state index contributed by atoms with van der Waals surface area (Å²) in [7, 11) is 0. The van der Waals surface area contributed by atoms with Crippen LogP contribution in [0.2, 0.25) is 0 Å². The van der Waals surface area contributed by atoms with E-state index in [9.17, 15) is 32.8 Å². The molecule has 1 saturated heterocycles. The van der Waals surface area contributed by atoms with Gasteiger partial charge in [-0.3, -0.25) is 34.2 Å². The fourth-order valence-electron chi connectivity index (χ4n) is 7.94. The Kier molecular flexibility index (Phi) is 12.3. The number of ether oxygens (including phenoxy) is 2. The number of nitrogens with two attached hydrogens (primary N) is 1. The summed E-state index contributed by atoms with van der Waals surface area (Å²) in [5.41, 5.74) is 10.2. The average molecular weight is 814 g/mol. The predicted octanol–water partition coefficient (Wildman–Crippen LogP) is 7.08. The average Bonchev–Trinajstić information content (AvgIpc) is 3.69. The lowest BCUT2D eigenvalue weighted by Gasteiger charge is -2.29. The van der Waals surface area contributed by atoms with Crippen molar-refractivity contribution in [3.05, 3.63) is 83.6 Å². The molecule has 7 rings (SSSR count). The van der Waals surface area contributed by atoms with E-state index in [1.165, 1.54) is 6.07 Å². The number of thiocarbonyl (C=S) groups is 1. The minimum absolute atomic E-state index is 0.0454. The van der Waals surface area contributed by atoms with Gasteiger partial charge >= 0.3 is 0 Å². The zero-order chi connectivity index (χ0) is 41.0. The second-order valence-corrected chi connectivity index (χ2v) is 15.5. The molecule has 2 fully saturated rings. The number of alkyl halides is 2. The van der Waals surface area contributed by atoms with Crippen molar-refractivity contribution in [1.82, 2.24) is 14.8 Å². The number of aromatic nitrogens is 1. The van der Waals surface area contributed by atoms with Crippen LogP contribution in [0.3, 0.4) is 0 Å². The third-order valence-corrected chi connectivity index (χ3v) is 11.2. The van der Waals surface area contributed by atoms with Gasteiger partial charge in [0.2, 0.25) is 23.6 Å². The number of unbranched alkanes of at least 4 members (excludes halogenated alkanes) is 3. The maximum absolute atomic E-state index is 14.1. The molecular formula is C43H45F2N5O7S. The lowest BCUT2D eigenvalue weighted by Crippen LogP contribution is -2.54. The number of carbonyl (C=O) groups excluding carboxylic acids is 5. The number of nitrogens with one attached hydrogen (secondary N) is 2. The van der Waals surface area contributed by atoms with E-state index in [1.807, 2.05) is 48.7 Å². The minimum Gasteiger partial charge on any atom is -0.493 e. The van der Waals surface area contributed by atoms with Gasteiger partial charge in [0.25, 0.3) is 11.8 Å². The quantitative estimate of drug-likeness (QED) is 0.0610. The van der Waals surface area contributed by atoms with Gasteiger partial charge in [-0.15, -0.1) is 0 Å². The summed E-state index contributed by atoms with van der Waals surface area (Å²) in [6, 6.07) is 16.9. The predicted molar refractivity (Wildman–Crippen MR) is 217 cm³/mol. The molecule has 1 aromatic heterocycles. The van der Waals surface area contributed by atoms with Crippen molar-refractivity contribution in [2.45, 2.75) is 88.6 Å². The van der Waals surface area contributed by atoms with E-state index in [4.69, 9.17) is 27.4 Å². The smallest absolute Gasteiger partial charge is 0.266 e. The van der Waals surface area contributed by atoms with Crippen molar-refractivity contribution >= 4 is 63.3 Å². The van der Waals surface area contributed by atoms with Gasteiger partial charge in [-0.25, -0.2) is 8.78 Å². The highest BCUT2D eigenvalue weighted by molar-refractivity contribution is 7.80. The second kappa shape index (κ2) is 17.5. The Morgan fingerprint density at radius 1 is 0.897 bits per heavy atom. The van der Waals surface area contributed by atoms with Gasteiger partial charge < -0.3 is 25.1 Å². The van der Waals surface area contributed by atoms with Crippen LogP contribution in [0.4, 0.5) is 14.5 Å². The molecule has 1 aliphatic carbocycles. The summed E-state index contributed by atoms with van der Waals surface area (Å²) >= 11 is 5.19. The van der Waals surface area contributed by atoms with Crippen LogP contribution in [-0.2, 0) is 19.1 Å². The summed E-state index contributed by atoms with van der Waals surface area (Å²) in [4.78, 5) is 64.3. The van der Waals surface area contributed by atoms with Gasteiger partial charge in [0, 0.05) is 60.3 Å². The van der Waals surface area contributed by atoms with Gasteiger partial charge in [-0.2, -0.15) is 0 Å². The Hall–Kier alpha value is -5.54. The van der Waals surface area contributed by atoms with Crippen molar-refractivity contribution in [1.29, 1.82) is 0 Å². The van der Waals surface area contributed by atoms with Gasteiger partial charge in [-0.05, 0) is 74.4 Å². The Morgan fingerprint density at radius 3 is 2.41 bits per heavy atom. The van der Waals surface area contributed by atoms with E-state index in [0.29, 0.717) is 38.2 Å². The van der Waals surface area contributed by atoms with Crippen molar-refractivity contribution in [3.63, 3.8) is 0 Å². The second-order valence-electron chi connectivity index (χ2n) is 15.0. The lowest BCUT2D eigenvalue weighted by molar-refractivity contribution is -0.136. The van der Waals surface area contributed by atoms with Crippen molar-refractivity contribution in [2.75, 3.05) is 25.1 Å². The molecule has 5 amide bonds. The van der Waals surface area contributed by atoms with Gasteiger partial charge in [0.1, 0.15) is 16.8 Å². The number of amides is 5. The number of carbonyl (C=O) groups is 5. The van der Waals surface area contributed by atoms with Crippen molar-refractivity contribution < 1.29 is 42.2 Å². The van der Waals surface area contributed by atoms with Crippen LogP contribution >= 0.6 is 12.2 Å². The zero-order valence-electron chi connectivity index (χ0n) is 31.9. The van der Waals surface area contributed by atoms with Crippen molar-refractivity contribution in [3.8, 4) is 16.9 Å². The maximum Gasteiger partial charge on any atom is 0.266 e. The first-order valence-electron chi connectivity index (χ1n) is 19.7. The first-order chi connectivity index (χ1) is 27.9. The maximum atomic E-state index is 14.1. The van der Waals surface area contributed by atoms with Crippen LogP contribution in [-0.4, -0.2) is 75.8 Å². The minimum atomic E-state index is -2.66. The molecule has 1 saturated carbocycles. The Labute approximate surface area is 339 Å². The fourth-order valence-corrected chi connectivity index (χ4v) is 8.07. The molecule has 58 heavy (non-hydrogen) atoms. The molecule has 1 unspecified atom stereocenters. The number of fused-ring (bicyclic) bond motifs is 2. The Morgan fingerprint density at radius 2 is 1.66 bits per heavy atom. The van der Waals surface area contributed by atoms with Crippen LogP contribution in [0, 0.1) is 0 Å². The molecule has 304 valence electrons. The summed E-state index contributed by atoms with van der Waals surface area (Å²) in [5.74, 6) is -4.87. The summed E-state index contributed by atoms with van der Waals surface area (Å²) < 4.78 is 41.9. The van der Waals surface area contributed by atoms with Crippen LogP contribution in [0.15, 0.2) is 66.9 Å². The molecule has 3 aromatic carbocycles. The normalized spacial score (nSPS) is 18.0. The molecule has 12 nitrogen and oxygen atoms in total. The Bertz CT molecular complexity index is 2270. The van der Waals surface area contributed by atoms with E-state index in [-0.39, 0.29) is 72.5 Å². The van der Waals surface area contributed by atoms with Gasteiger partial charge in [0.05, 0.1) is 36.3 Å². The van der Waals surface area contributed by atoms with Gasteiger partial charge in [0.15, 0.2) is 0 Å². The molecule has 2 aliphatic heterocycles. The summed E-state index contributed by atoms with van der Waals surface area (Å²) in [5, 5.41) is 6.08. The molecular weight excluding hydrogens is 769 g/mol. The first kappa shape index (κ1) is 40.6. The molecule has 3 aliphatic rings. The van der Waals surface area contributed by atoms with E-state index in [1.54, 1.807) is 12.1 Å². The number of nitrogens with zero attached hydrogens (tertiary/aromatic N) is 2. The van der Waals surface area contributed by atoms with E-state index >= 15 is 0 Å². The molecule has 4 aromatic rings. The van der Waals surface area contributed by atoms with Crippen LogP contribution in [0.5, 0.6) is 5.75 Å². The van der Waals surface area contributed by atoms with Crippen molar-refractivity contribution in [2.24, 2.45) is 5.73 Å². The molecule has 0 radical (unpaired) electrons. The highest BCUT2D eigenvalue weighted by Gasteiger charge is 2.46. The van der Waals surface area contributed by atoms with E-state index in [2.05, 4.69) is 15.2 Å². The van der Waals surface area contributed by atoms with Crippen LogP contribution in [0.1, 0.15) is 103 Å². The molecule has 15 heteroatoms. The number of rotatable bonds is 16. The van der Waals surface area contributed by atoms with E-state index in [0.717, 1.165) is 51.8 Å². The number of benzene rings is 3. The monoisotopic (exact) mass is 813 g/mol. The number of piperidine rings is 1. The highest BCUT2D eigenvalue weighted by Crippen LogP contribution is 2.42. The Balaban J connectivity index is 0.852. The zero-order valence-corrected chi connectivity index (χ0v) is 32.7. The number of hydrogen-bond donors (Lipinski definition) is 3. The lowest BCUT2D eigenvalue weighted by atomic mass is 9.92. The first-order valence-corrected chi connectivity index (χ1v) is 20.1. The number of hydrogen-bond acceptors (Lipinski definition) is 8. The van der Waals surface area contributed by atoms with Crippen LogP contribution < -0.4 is 21.1 Å². The topological polar surface area (TPSA) is 162 Å². The van der Waals surface area contributed by atoms with Gasteiger partial charge in [-0.1, -0.05) is 49.0 Å². The standard InChI is InChI=1S/C43H45F2N5O7S/c44-43(45)18-15-29(16-19-43)49-25-32(26-7-5-8-27(23-26)39(46)58)30-12-11-28(24-34(30)49)47-37(52)17-22-56-20-3-1-2-4-21-57-35-10-6-9-31-38(35)42(55)50(41(31)54)33-13-14-36(51)48-40(33)53/h5-12,23-25,29,33H,1-4,13-22H2,(H2,46,58)(H,47,52)(H,48,51,53). The largest absolute Gasteiger partial charge is 0.493 e.